The topological polar surface area (TPSA) is 91.0 Å². The third kappa shape index (κ3) is 5.11. The first kappa shape index (κ1) is 19.6. The van der Waals surface area contributed by atoms with Gasteiger partial charge in [0.05, 0.1) is 6.61 Å². The predicted molar refractivity (Wildman–Crippen MR) is 99.3 cm³/mol. The Labute approximate surface area is 153 Å². The maximum absolute atomic E-state index is 12.4. The van der Waals surface area contributed by atoms with Crippen LogP contribution in [-0.2, 0) is 9.53 Å². The minimum absolute atomic E-state index is 0.0515. The summed E-state index contributed by atoms with van der Waals surface area (Å²) in [6, 6.07) is 5.14. The number of rotatable bonds is 4. The largest absolute Gasteiger partial charge is 0.450 e. The summed E-state index contributed by atoms with van der Waals surface area (Å²) in [6.45, 7) is 7.58. The molecule has 1 aliphatic rings. The highest BCUT2D eigenvalue weighted by atomic mass is 16.6. The number of piperazine rings is 1. The summed E-state index contributed by atoms with van der Waals surface area (Å²) >= 11 is 0. The number of ether oxygens (including phenoxy) is 1. The van der Waals surface area contributed by atoms with Gasteiger partial charge in [-0.05, 0) is 37.6 Å². The molecule has 0 bridgehead atoms. The van der Waals surface area contributed by atoms with Gasteiger partial charge >= 0.3 is 12.1 Å². The SMILES string of the molecule is CCOC(=O)N1CCN(C(=O)Nc2ccc(NC(=O)CC)c(C)c2)CC1. The van der Waals surface area contributed by atoms with Gasteiger partial charge in [-0.3, -0.25) is 4.79 Å². The van der Waals surface area contributed by atoms with Crippen molar-refractivity contribution < 1.29 is 19.1 Å². The Morgan fingerprint density at radius 1 is 1.04 bits per heavy atom. The second-order valence-electron chi connectivity index (χ2n) is 6.03. The minimum atomic E-state index is -0.340. The van der Waals surface area contributed by atoms with Gasteiger partial charge in [0.1, 0.15) is 0 Å². The van der Waals surface area contributed by atoms with E-state index in [9.17, 15) is 14.4 Å². The summed E-state index contributed by atoms with van der Waals surface area (Å²) in [5, 5.41) is 5.67. The Hall–Kier alpha value is -2.77. The fourth-order valence-corrected chi connectivity index (χ4v) is 2.63. The molecule has 1 aromatic rings. The summed E-state index contributed by atoms with van der Waals surface area (Å²) < 4.78 is 4.97. The van der Waals surface area contributed by atoms with Gasteiger partial charge in [-0.15, -0.1) is 0 Å². The van der Waals surface area contributed by atoms with Crippen molar-refractivity contribution in [2.75, 3.05) is 43.4 Å². The molecule has 0 saturated carbocycles. The number of hydrogen-bond acceptors (Lipinski definition) is 4. The van der Waals surface area contributed by atoms with Crippen LogP contribution in [0.2, 0.25) is 0 Å². The highest BCUT2D eigenvalue weighted by Gasteiger charge is 2.24. The Kier molecular flexibility index (Phi) is 6.82. The van der Waals surface area contributed by atoms with E-state index in [0.29, 0.717) is 44.9 Å². The second-order valence-corrected chi connectivity index (χ2v) is 6.03. The fourth-order valence-electron chi connectivity index (χ4n) is 2.63. The smallest absolute Gasteiger partial charge is 0.409 e. The Morgan fingerprint density at radius 2 is 1.69 bits per heavy atom. The first-order chi connectivity index (χ1) is 12.4. The minimum Gasteiger partial charge on any atom is -0.450 e. The number of anilines is 2. The summed E-state index contributed by atoms with van der Waals surface area (Å²) in [6.07, 6.45) is 0.0725. The lowest BCUT2D eigenvalue weighted by Crippen LogP contribution is -2.51. The summed E-state index contributed by atoms with van der Waals surface area (Å²) in [4.78, 5) is 38.8. The molecule has 0 unspecified atom stereocenters. The maximum Gasteiger partial charge on any atom is 0.409 e. The van der Waals surface area contributed by atoms with Gasteiger partial charge in [-0.25, -0.2) is 9.59 Å². The lowest BCUT2D eigenvalue weighted by Gasteiger charge is -2.34. The zero-order chi connectivity index (χ0) is 19.1. The molecule has 0 aliphatic carbocycles. The van der Waals surface area contributed by atoms with E-state index in [1.54, 1.807) is 35.8 Å². The van der Waals surface area contributed by atoms with Gasteiger partial charge in [0.15, 0.2) is 0 Å². The van der Waals surface area contributed by atoms with Crippen LogP contribution >= 0.6 is 0 Å². The normalized spacial score (nSPS) is 14.0. The lowest BCUT2D eigenvalue weighted by atomic mass is 10.1. The molecule has 0 aromatic heterocycles. The number of nitrogens with one attached hydrogen (secondary N) is 2. The van der Waals surface area contributed by atoms with E-state index in [1.807, 2.05) is 13.0 Å². The van der Waals surface area contributed by atoms with E-state index < -0.39 is 0 Å². The molecular weight excluding hydrogens is 336 g/mol. The van der Waals surface area contributed by atoms with Crippen molar-refractivity contribution in [3.63, 3.8) is 0 Å². The van der Waals surface area contributed by atoms with Crippen molar-refractivity contribution in [1.29, 1.82) is 0 Å². The molecule has 0 spiro atoms. The summed E-state index contributed by atoms with van der Waals surface area (Å²) in [5.41, 5.74) is 2.27. The molecule has 142 valence electrons. The van der Waals surface area contributed by atoms with Crippen molar-refractivity contribution in [2.24, 2.45) is 0 Å². The molecule has 1 heterocycles. The van der Waals surface area contributed by atoms with Crippen LogP contribution in [0.25, 0.3) is 0 Å². The Balaban J connectivity index is 1.89. The number of hydrogen-bond donors (Lipinski definition) is 2. The summed E-state index contributed by atoms with van der Waals surface area (Å²) in [7, 11) is 0. The number of amides is 4. The molecule has 8 heteroatoms. The number of carbonyl (C=O) groups excluding carboxylic acids is 3. The number of benzene rings is 1. The van der Waals surface area contributed by atoms with E-state index in [1.165, 1.54) is 0 Å². The van der Waals surface area contributed by atoms with Crippen LogP contribution in [0.15, 0.2) is 18.2 Å². The maximum atomic E-state index is 12.4. The highest BCUT2D eigenvalue weighted by molar-refractivity contribution is 5.93. The molecule has 8 nitrogen and oxygen atoms in total. The molecule has 1 saturated heterocycles. The predicted octanol–water partition coefficient (Wildman–Crippen LogP) is 2.65. The van der Waals surface area contributed by atoms with E-state index in [4.69, 9.17) is 4.74 Å². The standard InChI is InChI=1S/C18H26N4O4/c1-4-16(23)20-15-7-6-14(12-13(15)3)19-17(24)21-8-10-22(11-9-21)18(25)26-5-2/h6-7,12H,4-5,8-11H2,1-3H3,(H,19,24)(H,20,23). The van der Waals surface area contributed by atoms with Crippen LogP contribution in [0, 0.1) is 6.92 Å². The van der Waals surface area contributed by atoms with Crippen molar-refractivity contribution in [3.8, 4) is 0 Å². The van der Waals surface area contributed by atoms with E-state index in [0.717, 1.165) is 11.3 Å². The van der Waals surface area contributed by atoms with Crippen LogP contribution in [-0.4, -0.2) is 60.6 Å². The van der Waals surface area contributed by atoms with Crippen molar-refractivity contribution >= 4 is 29.4 Å². The average Bonchev–Trinajstić information content (AvgIpc) is 2.64. The van der Waals surface area contributed by atoms with E-state index in [2.05, 4.69) is 10.6 Å². The third-order valence-corrected chi connectivity index (χ3v) is 4.17. The van der Waals surface area contributed by atoms with Crippen LogP contribution in [0.1, 0.15) is 25.8 Å². The third-order valence-electron chi connectivity index (χ3n) is 4.17. The van der Waals surface area contributed by atoms with Crippen molar-refractivity contribution in [1.82, 2.24) is 9.80 Å². The number of nitrogens with zero attached hydrogens (tertiary/aromatic N) is 2. The molecular formula is C18H26N4O4. The van der Waals surface area contributed by atoms with Gasteiger partial charge in [0, 0.05) is 44.0 Å². The van der Waals surface area contributed by atoms with Crippen molar-refractivity contribution in [3.05, 3.63) is 23.8 Å². The first-order valence-electron chi connectivity index (χ1n) is 8.82. The number of urea groups is 1. The monoisotopic (exact) mass is 362 g/mol. The van der Waals surface area contributed by atoms with Gasteiger partial charge in [-0.1, -0.05) is 6.92 Å². The molecule has 1 fully saturated rings. The number of aryl methyl sites for hydroxylation is 1. The molecule has 2 rings (SSSR count). The van der Waals surface area contributed by atoms with E-state index in [-0.39, 0.29) is 18.0 Å². The molecule has 2 N–H and O–H groups in total. The molecule has 4 amide bonds. The summed E-state index contributed by atoms with van der Waals surface area (Å²) in [5.74, 6) is -0.0515. The quantitative estimate of drug-likeness (QED) is 0.861. The molecule has 1 aromatic carbocycles. The average molecular weight is 362 g/mol. The van der Waals surface area contributed by atoms with Crippen LogP contribution < -0.4 is 10.6 Å². The molecule has 26 heavy (non-hydrogen) atoms. The zero-order valence-electron chi connectivity index (χ0n) is 15.5. The second kappa shape index (κ2) is 9.07. The van der Waals surface area contributed by atoms with Gasteiger partial charge in [-0.2, -0.15) is 0 Å². The van der Waals surface area contributed by atoms with Crippen LogP contribution in [0.5, 0.6) is 0 Å². The molecule has 1 aliphatic heterocycles. The van der Waals surface area contributed by atoms with Crippen LogP contribution in [0.3, 0.4) is 0 Å². The Morgan fingerprint density at radius 3 is 2.27 bits per heavy atom. The zero-order valence-corrected chi connectivity index (χ0v) is 15.5. The van der Waals surface area contributed by atoms with Crippen molar-refractivity contribution in [2.45, 2.75) is 27.2 Å². The first-order valence-corrected chi connectivity index (χ1v) is 8.82. The molecule has 0 atom stereocenters. The van der Waals surface area contributed by atoms with Gasteiger partial charge in [0.2, 0.25) is 5.91 Å². The number of carbonyl (C=O) groups is 3. The Bertz CT molecular complexity index is 669. The van der Waals surface area contributed by atoms with Gasteiger partial charge in [0.25, 0.3) is 0 Å². The van der Waals surface area contributed by atoms with Crippen LogP contribution in [0.4, 0.5) is 21.0 Å². The lowest BCUT2D eigenvalue weighted by molar-refractivity contribution is -0.115. The van der Waals surface area contributed by atoms with Gasteiger partial charge < -0.3 is 25.2 Å². The fraction of sp³-hybridized carbons (Fsp3) is 0.500. The highest BCUT2D eigenvalue weighted by Crippen LogP contribution is 2.20. The molecule has 0 radical (unpaired) electrons. The van der Waals surface area contributed by atoms with E-state index >= 15 is 0 Å².